The fourth-order valence-electron chi connectivity index (χ4n) is 2.36. The molecule has 0 aromatic heterocycles. The van der Waals surface area contributed by atoms with E-state index in [9.17, 15) is 19.7 Å². The number of rotatable bonds is 5. The molecule has 1 N–H and O–H groups in total. The molecule has 9 heteroatoms. The van der Waals surface area contributed by atoms with Crippen LogP contribution in [0.5, 0.6) is 5.75 Å². The average Bonchev–Trinajstić information content (AvgIpc) is 2.99. The second kappa shape index (κ2) is 8.49. The number of hydrogen-bond acceptors (Lipinski definition) is 6. The van der Waals surface area contributed by atoms with Crippen LogP contribution in [0.25, 0.3) is 6.08 Å². The Labute approximate surface area is 164 Å². The molecule has 142 valence electrons. The van der Waals surface area contributed by atoms with Crippen LogP contribution in [0.2, 0.25) is 0 Å². The molecule has 0 saturated heterocycles. The van der Waals surface area contributed by atoms with Crippen molar-refractivity contribution in [2.24, 2.45) is 4.99 Å². The number of nitro benzene ring substituents is 1. The lowest BCUT2D eigenvalue weighted by molar-refractivity contribution is -0.384. The maximum Gasteiger partial charge on any atom is 0.286 e. The second-order valence-electron chi connectivity index (χ2n) is 5.76. The van der Waals surface area contributed by atoms with Crippen molar-refractivity contribution in [3.63, 3.8) is 0 Å². The summed E-state index contributed by atoms with van der Waals surface area (Å²) in [6.45, 7) is 1.56. The van der Waals surface area contributed by atoms with Crippen molar-refractivity contribution in [1.29, 1.82) is 0 Å². The molecule has 2 aromatic carbocycles. The molecule has 0 spiro atoms. The first kappa shape index (κ1) is 19.3. The van der Waals surface area contributed by atoms with Crippen LogP contribution in [0.15, 0.2) is 58.4 Å². The number of nitrogens with one attached hydrogen (secondary N) is 1. The summed E-state index contributed by atoms with van der Waals surface area (Å²) < 4.78 is 5.82. The van der Waals surface area contributed by atoms with Gasteiger partial charge in [0.25, 0.3) is 11.6 Å². The number of benzene rings is 2. The molecule has 0 atom stereocenters. The van der Waals surface area contributed by atoms with E-state index in [0.717, 1.165) is 17.3 Å². The van der Waals surface area contributed by atoms with Gasteiger partial charge in [-0.05, 0) is 41.6 Å². The quantitative estimate of drug-likeness (QED) is 0.471. The summed E-state index contributed by atoms with van der Waals surface area (Å²) in [6, 6.07) is 13.3. The fraction of sp³-hybridized carbons (Fsp3) is 0.105. The van der Waals surface area contributed by atoms with Gasteiger partial charge in [0.05, 0.1) is 9.83 Å². The van der Waals surface area contributed by atoms with Gasteiger partial charge in [-0.1, -0.05) is 18.2 Å². The molecule has 1 aliphatic rings. The smallest absolute Gasteiger partial charge is 0.286 e. The number of aliphatic imine (C=N–C) groups is 1. The number of nitro groups is 1. The van der Waals surface area contributed by atoms with Crippen LogP contribution in [-0.4, -0.2) is 21.9 Å². The predicted molar refractivity (Wildman–Crippen MR) is 106 cm³/mol. The van der Waals surface area contributed by atoms with E-state index in [4.69, 9.17) is 4.74 Å². The first-order valence-corrected chi connectivity index (χ1v) is 8.99. The highest BCUT2D eigenvalue weighted by atomic mass is 32.2. The maximum absolute atomic E-state index is 12.0. The third kappa shape index (κ3) is 4.83. The molecule has 0 aliphatic carbocycles. The van der Waals surface area contributed by atoms with Crippen LogP contribution in [0.1, 0.15) is 18.1 Å². The molecule has 2 amide bonds. The number of nitrogens with zero attached hydrogens (tertiary/aromatic N) is 2. The SMILES string of the molecule is CC(=O)NC1=NC(=O)C(=Cc2ccccc2OCc2ccc([N+](=O)[O-])cc2)S1. The van der Waals surface area contributed by atoms with Crippen molar-refractivity contribution in [3.8, 4) is 5.75 Å². The van der Waals surface area contributed by atoms with Crippen molar-refractivity contribution in [2.45, 2.75) is 13.5 Å². The molecule has 1 aliphatic heterocycles. The van der Waals surface area contributed by atoms with E-state index in [-0.39, 0.29) is 23.4 Å². The van der Waals surface area contributed by atoms with Crippen molar-refractivity contribution in [3.05, 3.63) is 74.7 Å². The van der Waals surface area contributed by atoms with Crippen LogP contribution in [0.4, 0.5) is 5.69 Å². The molecule has 0 radical (unpaired) electrons. The average molecular weight is 397 g/mol. The van der Waals surface area contributed by atoms with Crippen molar-refractivity contribution in [1.82, 2.24) is 5.32 Å². The van der Waals surface area contributed by atoms with Gasteiger partial charge in [-0.15, -0.1) is 0 Å². The highest BCUT2D eigenvalue weighted by Crippen LogP contribution is 2.30. The number of ether oxygens (including phenoxy) is 1. The topological polar surface area (TPSA) is 111 Å². The van der Waals surface area contributed by atoms with Gasteiger partial charge in [0.2, 0.25) is 5.91 Å². The van der Waals surface area contributed by atoms with Crippen molar-refractivity contribution in [2.75, 3.05) is 0 Å². The minimum Gasteiger partial charge on any atom is -0.488 e. The number of thioether (sulfide) groups is 1. The summed E-state index contributed by atoms with van der Waals surface area (Å²) in [4.78, 5) is 37.6. The van der Waals surface area contributed by atoms with Gasteiger partial charge in [0.1, 0.15) is 12.4 Å². The zero-order valence-electron chi connectivity index (χ0n) is 14.7. The summed E-state index contributed by atoms with van der Waals surface area (Å²) in [6.07, 6.45) is 1.65. The Bertz CT molecular complexity index is 999. The Morgan fingerprint density at radius 3 is 2.64 bits per heavy atom. The van der Waals surface area contributed by atoms with Gasteiger partial charge < -0.3 is 10.1 Å². The highest BCUT2D eigenvalue weighted by molar-refractivity contribution is 8.18. The van der Waals surface area contributed by atoms with Gasteiger partial charge in [-0.25, -0.2) is 0 Å². The maximum atomic E-state index is 12.0. The van der Waals surface area contributed by atoms with E-state index in [1.165, 1.54) is 19.1 Å². The van der Waals surface area contributed by atoms with E-state index in [0.29, 0.717) is 16.2 Å². The number of non-ortho nitro benzene ring substituents is 1. The Morgan fingerprint density at radius 1 is 1.25 bits per heavy atom. The summed E-state index contributed by atoms with van der Waals surface area (Å²) in [5.41, 5.74) is 1.47. The van der Waals surface area contributed by atoms with E-state index in [1.807, 2.05) is 6.07 Å². The van der Waals surface area contributed by atoms with Gasteiger partial charge in [0, 0.05) is 24.6 Å². The van der Waals surface area contributed by atoms with E-state index in [1.54, 1.807) is 36.4 Å². The molecular formula is C19H15N3O5S. The van der Waals surface area contributed by atoms with E-state index < -0.39 is 10.8 Å². The third-order valence-electron chi connectivity index (χ3n) is 3.65. The summed E-state index contributed by atoms with van der Waals surface area (Å²) in [5, 5.41) is 13.5. The zero-order valence-corrected chi connectivity index (χ0v) is 15.6. The molecule has 8 nitrogen and oxygen atoms in total. The Balaban J connectivity index is 1.72. The van der Waals surface area contributed by atoms with Crippen LogP contribution in [0, 0.1) is 10.1 Å². The third-order valence-corrected chi connectivity index (χ3v) is 4.55. The number of hydrogen-bond donors (Lipinski definition) is 1. The monoisotopic (exact) mass is 397 g/mol. The molecule has 0 unspecified atom stereocenters. The molecule has 3 rings (SSSR count). The lowest BCUT2D eigenvalue weighted by Crippen LogP contribution is -2.23. The zero-order chi connectivity index (χ0) is 20.1. The van der Waals surface area contributed by atoms with Gasteiger partial charge in [0.15, 0.2) is 5.17 Å². The first-order chi connectivity index (χ1) is 13.4. The minimum atomic E-state index is -0.459. The molecule has 0 bridgehead atoms. The van der Waals surface area contributed by atoms with Crippen molar-refractivity contribution < 1.29 is 19.2 Å². The molecule has 1 heterocycles. The molecule has 28 heavy (non-hydrogen) atoms. The van der Waals surface area contributed by atoms with Gasteiger partial charge >= 0.3 is 0 Å². The summed E-state index contributed by atoms with van der Waals surface area (Å²) in [7, 11) is 0. The highest BCUT2D eigenvalue weighted by Gasteiger charge is 2.23. The van der Waals surface area contributed by atoms with Crippen LogP contribution in [0.3, 0.4) is 0 Å². The Hall–Kier alpha value is -3.46. The number of carbonyl (C=O) groups excluding carboxylic acids is 2. The molecule has 0 saturated carbocycles. The lowest BCUT2D eigenvalue weighted by Gasteiger charge is -2.09. The van der Waals surface area contributed by atoms with Gasteiger partial charge in [-0.2, -0.15) is 4.99 Å². The summed E-state index contributed by atoms with van der Waals surface area (Å²) >= 11 is 1.08. The normalized spacial score (nSPS) is 14.7. The van der Waals surface area contributed by atoms with Crippen LogP contribution in [-0.2, 0) is 16.2 Å². The van der Waals surface area contributed by atoms with Crippen molar-refractivity contribution >= 4 is 40.5 Å². The molecular weight excluding hydrogens is 382 g/mol. The fourth-order valence-corrected chi connectivity index (χ4v) is 3.21. The molecule has 2 aromatic rings. The molecule has 0 fully saturated rings. The minimum absolute atomic E-state index is 0.0145. The summed E-state index contributed by atoms with van der Waals surface area (Å²) in [5.74, 6) is -0.180. The number of para-hydroxylation sites is 1. The predicted octanol–water partition coefficient (Wildman–Crippen LogP) is 3.28. The number of carbonyl (C=O) groups is 2. The lowest BCUT2D eigenvalue weighted by atomic mass is 10.1. The number of amidine groups is 1. The van der Waals surface area contributed by atoms with Crippen LogP contribution < -0.4 is 10.1 Å². The second-order valence-corrected chi connectivity index (χ2v) is 6.79. The van der Waals surface area contributed by atoms with E-state index in [2.05, 4.69) is 10.3 Å². The van der Waals surface area contributed by atoms with Gasteiger partial charge in [-0.3, -0.25) is 19.7 Å². The first-order valence-electron chi connectivity index (χ1n) is 8.17. The van der Waals surface area contributed by atoms with Crippen LogP contribution >= 0.6 is 11.8 Å². The largest absolute Gasteiger partial charge is 0.488 e. The number of amides is 2. The standard InChI is InChI=1S/C19H15N3O5S/c1-12(23)20-19-21-18(24)17(28-19)10-14-4-2-3-5-16(14)27-11-13-6-8-15(9-7-13)22(25)26/h2-10H,11H2,1H3,(H,20,21,23,24). The van der Waals surface area contributed by atoms with E-state index >= 15 is 0 Å². The Morgan fingerprint density at radius 2 is 1.96 bits per heavy atom. The Kier molecular flexibility index (Phi) is 5.85.